The van der Waals surface area contributed by atoms with E-state index in [0.29, 0.717) is 16.8 Å². The number of methoxy groups -OCH3 is 1. The number of amides is 1. The molecule has 0 fully saturated rings. The number of carbonyl (C=O) groups is 1. The van der Waals surface area contributed by atoms with E-state index in [4.69, 9.17) is 4.74 Å². The fourth-order valence-electron chi connectivity index (χ4n) is 2.72. The SMILES string of the molecule is COC(C(=O)NC(C)c1ccc(OCC(F)(F)F)cn1)c1ccc(C(C)(C)O)cc1. The van der Waals surface area contributed by atoms with Crippen LogP contribution in [0.5, 0.6) is 5.75 Å². The molecule has 2 atom stereocenters. The first-order valence-electron chi connectivity index (χ1n) is 9.22. The molecule has 9 heteroatoms. The number of alkyl halides is 3. The summed E-state index contributed by atoms with van der Waals surface area (Å²) in [6.45, 7) is 3.62. The zero-order chi connectivity index (χ0) is 22.5. The average molecular weight is 426 g/mol. The number of pyridine rings is 1. The van der Waals surface area contributed by atoms with Crippen LogP contribution >= 0.6 is 0 Å². The highest BCUT2D eigenvalue weighted by atomic mass is 19.4. The van der Waals surface area contributed by atoms with Gasteiger partial charge >= 0.3 is 6.18 Å². The Hall–Kier alpha value is -2.65. The van der Waals surface area contributed by atoms with E-state index in [1.807, 2.05) is 0 Å². The molecular formula is C21H25F3N2O4. The number of benzene rings is 1. The number of nitrogens with zero attached hydrogens (tertiary/aromatic N) is 1. The third kappa shape index (κ3) is 6.70. The summed E-state index contributed by atoms with van der Waals surface area (Å²) in [7, 11) is 1.41. The third-order valence-electron chi connectivity index (χ3n) is 4.36. The molecular weight excluding hydrogens is 401 g/mol. The number of hydrogen-bond acceptors (Lipinski definition) is 5. The van der Waals surface area contributed by atoms with Gasteiger partial charge in [0.2, 0.25) is 0 Å². The molecule has 30 heavy (non-hydrogen) atoms. The lowest BCUT2D eigenvalue weighted by molar-refractivity contribution is -0.153. The van der Waals surface area contributed by atoms with Gasteiger partial charge in [-0.3, -0.25) is 9.78 Å². The molecule has 1 heterocycles. The van der Waals surface area contributed by atoms with Crippen molar-refractivity contribution in [3.05, 3.63) is 59.4 Å². The molecule has 0 spiro atoms. The lowest BCUT2D eigenvalue weighted by Crippen LogP contribution is -2.33. The van der Waals surface area contributed by atoms with E-state index in [0.717, 1.165) is 0 Å². The van der Waals surface area contributed by atoms with Gasteiger partial charge in [-0.1, -0.05) is 24.3 Å². The summed E-state index contributed by atoms with van der Waals surface area (Å²) in [5.74, 6) is -0.420. The normalized spacial score (nSPS) is 14.1. The predicted molar refractivity (Wildman–Crippen MR) is 104 cm³/mol. The van der Waals surface area contributed by atoms with Crippen LogP contribution in [0.4, 0.5) is 13.2 Å². The maximum Gasteiger partial charge on any atom is 0.422 e. The third-order valence-corrected chi connectivity index (χ3v) is 4.36. The summed E-state index contributed by atoms with van der Waals surface area (Å²) in [6, 6.07) is 9.19. The first-order valence-corrected chi connectivity index (χ1v) is 9.22. The molecule has 0 aliphatic rings. The summed E-state index contributed by atoms with van der Waals surface area (Å²) in [5, 5.41) is 12.8. The number of halogens is 3. The minimum Gasteiger partial charge on any atom is -0.483 e. The first kappa shape index (κ1) is 23.6. The molecule has 164 valence electrons. The minimum atomic E-state index is -4.43. The van der Waals surface area contributed by atoms with Gasteiger partial charge in [0.15, 0.2) is 12.7 Å². The van der Waals surface area contributed by atoms with Crippen molar-refractivity contribution < 1.29 is 32.5 Å². The van der Waals surface area contributed by atoms with Crippen LogP contribution in [0, 0.1) is 0 Å². The number of ether oxygens (including phenoxy) is 2. The quantitative estimate of drug-likeness (QED) is 0.671. The number of rotatable bonds is 8. The molecule has 1 aromatic heterocycles. The van der Waals surface area contributed by atoms with Crippen molar-refractivity contribution in [3.63, 3.8) is 0 Å². The van der Waals surface area contributed by atoms with Crippen LogP contribution in [0.3, 0.4) is 0 Å². The molecule has 2 rings (SSSR count). The summed E-state index contributed by atoms with van der Waals surface area (Å²) in [5.41, 5.74) is 0.764. The molecule has 1 aromatic carbocycles. The van der Waals surface area contributed by atoms with Crippen LogP contribution in [0.1, 0.15) is 49.7 Å². The van der Waals surface area contributed by atoms with Crippen LogP contribution in [-0.2, 0) is 15.1 Å². The summed E-state index contributed by atoms with van der Waals surface area (Å²) < 4.78 is 46.6. The molecule has 1 amide bonds. The van der Waals surface area contributed by atoms with E-state index >= 15 is 0 Å². The van der Waals surface area contributed by atoms with E-state index in [1.54, 1.807) is 45.0 Å². The highest BCUT2D eigenvalue weighted by Gasteiger charge is 2.28. The summed E-state index contributed by atoms with van der Waals surface area (Å²) in [6.07, 6.45) is -4.13. The molecule has 0 aliphatic heterocycles. The van der Waals surface area contributed by atoms with E-state index < -0.39 is 36.4 Å². The number of carbonyl (C=O) groups excluding carboxylic acids is 1. The lowest BCUT2D eigenvalue weighted by Gasteiger charge is -2.21. The van der Waals surface area contributed by atoms with Gasteiger partial charge in [0, 0.05) is 7.11 Å². The zero-order valence-corrected chi connectivity index (χ0v) is 17.2. The van der Waals surface area contributed by atoms with Crippen molar-refractivity contribution in [1.29, 1.82) is 0 Å². The molecule has 0 saturated carbocycles. The van der Waals surface area contributed by atoms with Gasteiger partial charge in [-0.2, -0.15) is 13.2 Å². The van der Waals surface area contributed by atoms with Crippen molar-refractivity contribution in [2.75, 3.05) is 13.7 Å². The Labute approximate surface area is 173 Å². The van der Waals surface area contributed by atoms with Gasteiger partial charge in [-0.25, -0.2) is 0 Å². The van der Waals surface area contributed by atoms with E-state index in [-0.39, 0.29) is 5.75 Å². The molecule has 0 saturated heterocycles. The second-order valence-electron chi connectivity index (χ2n) is 7.35. The van der Waals surface area contributed by atoms with Gasteiger partial charge in [0.1, 0.15) is 5.75 Å². The number of hydrogen-bond donors (Lipinski definition) is 2. The van der Waals surface area contributed by atoms with Crippen LogP contribution in [0.15, 0.2) is 42.6 Å². The highest BCUT2D eigenvalue weighted by Crippen LogP contribution is 2.24. The zero-order valence-electron chi connectivity index (χ0n) is 17.2. The van der Waals surface area contributed by atoms with Crippen LogP contribution in [0.2, 0.25) is 0 Å². The van der Waals surface area contributed by atoms with E-state index in [1.165, 1.54) is 25.4 Å². The van der Waals surface area contributed by atoms with Gasteiger partial charge in [-0.15, -0.1) is 0 Å². The Morgan fingerprint density at radius 1 is 1.17 bits per heavy atom. The van der Waals surface area contributed by atoms with Gasteiger partial charge in [0.25, 0.3) is 5.91 Å². The van der Waals surface area contributed by atoms with Crippen molar-refractivity contribution in [3.8, 4) is 5.75 Å². The second-order valence-corrected chi connectivity index (χ2v) is 7.35. The molecule has 2 aromatic rings. The Balaban J connectivity index is 2.02. The number of aromatic nitrogens is 1. The Bertz CT molecular complexity index is 831. The van der Waals surface area contributed by atoms with Crippen molar-refractivity contribution in [2.24, 2.45) is 0 Å². The standard InChI is InChI=1S/C21H25F3N2O4/c1-13(17-10-9-16(11-25-17)30-12-21(22,23)24)26-19(27)18(29-4)14-5-7-15(8-6-14)20(2,3)28/h5-11,13,18,28H,12H2,1-4H3,(H,26,27). The largest absolute Gasteiger partial charge is 0.483 e. The molecule has 0 bridgehead atoms. The van der Waals surface area contributed by atoms with E-state index in [9.17, 15) is 23.1 Å². The fourth-order valence-corrected chi connectivity index (χ4v) is 2.72. The number of aliphatic hydroxyl groups is 1. The Morgan fingerprint density at radius 2 is 1.80 bits per heavy atom. The van der Waals surface area contributed by atoms with E-state index in [2.05, 4.69) is 15.0 Å². The fraction of sp³-hybridized carbons (Fsp3) is 0.429. The van der Waals surface area contributed by atoms with Gasteiger partial charge in [0.05, 0.1) is 23.5 Å². The van der Waals surface area contributed by atoms with Crippen molar-refractivity contribution in [1.82, 2.24) is 10.3 Å². The molecule has 2 unspecified atom stereocenters. The molecule has 2 N–H and O–H groups in total. The lowest BCUT2D eigenvalue weighted by atomic mass is 9.96. The monoisotopic (exact) mass is 426 g/mol. The smallest absolute Gasteiger partial charge is 0.422 e. The summed E-state index contributed by atoms with van der Waals surface area (Å²) >= 11 is 0. The van der Waals surface area contributed by atoms with Crippen LogP contribution < -0.4 is 10.1 Å². The minimum absolute atomic E-state index is 0.0173. The molecule has 0 radical (unpaired) electrons. The molecule has 6 nitrogen and oxygen atoms in total. The topological polar surface area (TPSA) is 80.7 Å². The van der Waals surface area contributed by atoms with Crippen LogP contribution in [-0.4, -0.2) is 35.9 Å². The van der Waals surface area contributed by atoms with Gasteiger partial charge in [-0.05, 0) is 44.0 Å². The van der Waals surface area contributed by atoms with Gasteiger partial charge < -0.3 is 19.9 Å². The predicted octanol–water partition coefficient (Wildman–Crippen LogP) is 3.82. The highest BCUT2D eigenvalue weighted by molar-refractivity contribution is 5.82. The maximum absolute atomic E-state index is 12.7. The first-order chi connectivity index (χ1) is 13.9. The summed E-state index contributed by atoms with van der Waals surface area (Å²) in [4.78, 5) is 16.7. The second kappa shape index (κ2) is 9.44. The maximum atomic E-state index is 12.7. The van der Waals surface area contributed by atoms with Crippen molar-refractivity contribution >= 4 is 5.91 Å². The Morgan fingerprint density at radius 3 is 2.27 bits per heavy atom. The number of nitrogens with one attached hydrogen (secondary N) is 1. The van der Waals surface area contributed by atoms with Crippen LogP contribution in [0.25, 0.3) is 0 Å². The van der Waals surface area contributed by atoms with Crippen molar-refractivity contribution in [2.45, 2.75) is 44.7 Å². The Kier molecular flexibility index (Phi) is 7.44. The molecule has 0 aliphatic carbocycles. The average Bonchev–Trinajstić information content (AvgIpc) is 2.66.